The van der Waals surface area contributed by atoms with Gasteiger partial charge in [0.25, 0.3) is 0 Å². The first-order chi connectivity index (χ1) is 12.4. The van der Waals surface area contributed by atoms with Crippen LogP contribution in [0.25, 0.3) is 0 Å². The first-order valence-electron chi connectivity index (χ1n) is 9.99. The summed E-state index contributed by atoms with van der Waals surface area (Å²) >= 11 is 0. The number of rotatable bonds is 4. The molecule has 1 fully saturated rings. The summed E-state index contributed by atoms with van der Waals surface area (Å²) in [5.41, 5.74) is 4.41. The zero-order valence-electron chi connectivity index (χ0n) is 16.5. The summed E-state index contributed by atoms with van der Waals surface area (Å²) in [7, 11) is 0. The molecule has 2 aromatic rings. The minimum Gasteiger partial charge on any atom is -0.508 e. The van der Waals surface area contributed by atoms with Gasteiger partial charge in [0.2, 0.25) is 0 Å². The number of piperidine rings is 1. The second-order valence-electron chi connectivity index (χ2n) is 8.72. The molecule has 1 N–H and O–H groups in total. The molecule has 4 rings (SSSR count). The van der Waals surface area contributed by atoms with E-state index in [1.54, 1.807) is 6.26 Å². The van der Waals surface area contributed by atoms with Gasteiger partial charge in [-0.3, -0.25) is 4.90 Å². The van der Waals surface area contributed by atoms with E-state index in [-0.39, 0.29) is 16.4 Å². The highest BCUT2D eigenvalue weighted by Gasteiger charge is 2.64. The first-order valence-corrected chi connectivity index (χ1v) is 9.99. The van der Waals surface area contributed by atoms with E-state index in [2.05, 4.69) is 50.8 Å². The van der Waals surface area contributed by atoms with Crippen LogP contribution in [0.3, 0.4) is 0 Å². The van der Waals surface area contributed by atoms with Crippen molar-refractivity contribution in [3.63, 3.8) is 0 Å². The molecule has 0 radical (unpaired) electrons. The van der Waals surface area contributed by atoms with Gasteiger partial charge >= 0.3 is 0 Å². The van der Waals surface area contributed by atoms with E-state index >= 15 is 0 Å². The number of benzene rings is 1. The molecule has 1 aliphatic heterocycles. The summed E-state index contributed by atoms with van der Waals surface area (Å²) < 4.78 is 5.33. The van der Waals surface area contributed by atoms with Crippen LogP contribution in [0.4, 0.5) is 0 Å². The first kappa shape index (κ1) is 17.7. The molecule has 2 bridgehead atoms. The van der Waals surface area contributed by atoms with Crippen LogP contribution in [-0.2, 0) is 18.4 Å². The number of phenolic OH excluding ortho intramolecular Hbond substituents is 1. The number of phenols is 1. The standard InChI is InChI=1S/C23H31NO2/c1-5-21(3)22(4)14-18-7-8-19(25)13-20(18)23(21,6-2)10-11-24(22)15-17-9-12-26-16-17/h7-9,12-13,16,25H,5-6,10-11,14-15H2,1-4H3/t21?,22-,23-/m0/s1. The van der Waals surface area contributed by atoms with E-state index in [1.165, 1.54) is 16.7 Å². The van der Waals surface area contributed by atoms with Gasteiger partial charge in [-0.05, 0) is 73.9 Å². The minimum atomic E-state index is 0.0806. The molecule has 2 aliphatic rings. The van der Waals surface area contributed by atoms with E-state index in [0.717, 1.165) is 38.8 Å². The lowest BCUT2D eigenvalue weighted by Gasteiger charge is -2.69. The predicted octanol–water partition coefficient (Wildman–Crippen LogP) is 5.27. The Kier molecular flexibility index (Phi) is 4.00. The largest absolute Gasteiger partial charge is 0.508 e. The number of hydrogen-bond acceptors (Lipinski definition) is 3. The molecular formula is C23H31NO2. The molecule has 1 aromatic carbocycles. The summed E-state index contributed by atoms with van der Waals surface area (Å²) in [4.78, 5) is 2.69. The molecule has 0 amide bonds. The number of furan rings is 1. The van der Waals surface area contributed by atoms with Crippen LogP contribution in [0.15, 0.2) is 41.2 Å². The van der Waals surface area contributed by atoms with Crippen LogP contribution in [-0.4, -0.2) is 22.1 Å². The summed E-state index contributed by atoms with van der Waals surface area (Å²) in [6.45, 7) is 11.7. The summed E-state index contributed by atoms with van der Waals surface area (Å²) in [6, 6.07) is 8.15. The van der Waals surface area contributed by atoms with Gasteiger partial charge in [0.05, 0.1) is 12.5 Å². The normalized spacial score (nSPS) is 33.8. The molecule has 0 spiro atoms. The molecule has 2 heterocycles. The fourth-order valence-electron chi connectivity index (χ4n) is 6.32. The van der Waals surface area contributed by atoms with Crippen molar-refractivity contribution >= 4 is 0 Å². The molecule has 140 valence electrons. The van der Waals surface area contributed by atoms with Crippen LogP contribution < -0.4 is 0 Å². The highest BCUT2D eigenvalue weighted by Crippen LogP contribution is 2.64. The topological polar surface area (TPSA) is 36.6 Å². The minimum absolute atomic E-state index is 0.0806. The maximum absolute atomic E-state index is 10.2. The molecule has 1 aromatic heterocycles. The zero-order valence-corrected chi connectivity index (χ0v) is 16.5. The van der Waals surface area contributed by atoms with E-state index < -0.39 is 0 Å². The van der Waals surface area contributed by atoms with Gasteiger partial charge in [-0.25, -0.2) is 0 Å². The van der Waals surface area contributed by atoms with Gasteiger partial charge in [-0.2, -0.15) is 0 Å². The van der Waals surface area contributed by atoms with Crippen molar-refractivity contribution in [2.75, 3.05) is 6.54 Å². The Labute approximate surface area is 157 Å². The Morgan fingerprint density at radius 3 is 2.62 bits per heavy atom. The quantitative estimate of drug-likeness (QED) is 0.813. The van der Waals surface area contributed by atoms with Crippen molar-refractivity contribution < 1.29 is 9.52 Å². The second kappa shape index (κ2) is 5.88. The Balaban J connectivity index is 1.88. The lowest BCUT2D eigenvalue weighted by atomic mass is 9.43. The Morgan fingerprint density at radius 2 is 1.96 bits per heavy atom. The molecule has 1 saturated heterocycles. The van der Waals surface area contributed by atoms with Crippen molar-refractivity contribution in [1.82, 2.24) is 4.90 Å². The third-order valence-corrected chi connectivity index (χ3v) is 8.16. The van der Waals surface area contributed by atoms with Crippen LogP contribution in [0.1, 0.15) is 63.6 Å². The summed E-state index contributed by atoms with van der Waals surface area (Å²) in [5, 5.41) is 10.2. The number of nitrogens with zero attached hydrogens (tertiary/aromatic N) is 1. The molecule has 3 atom stereocenters. The summed E-state index contributed by atoms with van der Waals surface area (Å²) in [5.74, 6) is 0.402. The number of fused-ring (bicyclic) bond motifs is 4. The average Bonchev–Trinajstić information content (AvgIpc) is 3.14. The maximum Gasteiger partial charge on any atom is 0.115 e. The molecular weight excluding hydrogens is 322 g/mol. The third kappa shape index (κ3) is 2.10. The summed E-state index contributed by atoms with van der Waals surface area (Å²) in [6.07, 6.45) is 8.07. The van der Waals surface area contributed by atoms with E-state index in [1.807, 2.05) is 12.3 Å². The van der Waals surface area contributed by atoms with Gasteiger partial charge in [-0.1, -0.05) is 26.8 Å². The Hall–Kier alpha value is -1.74. The molecule has 26 heavy (non-hydrogen) atoms. The van der Waals surface area contributed by atoms with E-state index in [4.69, 9.17) is 4.42 Å². The SMILES string of the molecule is CCC1(C)[C@@]2(CC)CCN(Cc3ccoc3)[C@@]1(C)Cc1ccc(O)cc12. The van der Waals surface area contributed by atoms with Crippen LogP contribution in [0.2, 0.25) is 0 Å². The molecule has 0 saturated carbocycles. The van der Waals surface area contributed by atoms with Gasteiger partial charge < -0.3 is 9.52 Å². The smallest absolute Gasteiger partial charge is 0.115 e. The van der Waals surface area contributed by atoms with Gasteiger partial charge in [0.15, 0.2) is 0 Å². The average molecular weight is 354 g/mol. The second-order valence-corrected chi connectivity index (χ2v) is 8.72. The monoisotopic (exact) mass is 353 g/mol. The van der Waals surface area contributed by atoms with Crippen LogP contribution in [0, 0.1) is 5.41 Å². The lowest BCUT2D eigenvalue weighted by Crippen LogP contribution is -2.72. The Morgan fingerprint density at radius 1 is 1.15 bits per heavy atom. The van der Waals surface area contributed by atoms with Crippen molar-refractivity contribution in [3.8, 4) is 5.75 Å². The van der Waals surface area contributed by atoms with E-state index in [0.29, 0.717) is 5.75 Å². The number of likely N-dealkylation sites (tertiary alicyclic amines) is 1. The van der Waals surface area contributed by atoms with Gasteiger partial charge in [0, 0.05) is 23.1 Å². The fraction of sp³-hybridized carbons (Fsp3) is 0.565. The van der Waals surface area contributed by atoms with Crippen molar-refractivity contribution in [1.29, 1.82) is 0 Å². The van der Waals surface area contributed by atoms with Crippen LogP contribution >= 0.6 is 0 Å². The van der Waals surface area contributed by atoms with Crippen molar-refractivity contribution in [2.45, 2.75) is 70.9 Å². The molecule has 1 unspecified atom stereocenters. The predicted molar refractivity (Wildman–Crippen MR) is 104 cm³/mol. The zero-order chi connectivity index (χ0) is 18.6. The van der Waals surface area contributed by atoms with Crippen LogP contribution in [0.5, 0.6) is 5.75 Å². The number of hydrogen-bond donors (Lipinski definition) is 1. The molecule has 3 nitrogen and oxygen atoms in total. The highest BCUT2D eigenvalue weighted by atomic mass is 16.3. The lowest BCUT2D eigenvalue weighted by molar-refractivity contribution is -0.129. The third-order valence-electron chi connectivity index (χ3n) is 8.16. The Bertz CT molecular complexity index is 799. The number of aromatic hydroxyl groups is 1. The van der Waals surface area contributed by atoms with E-state index in [9.17, 15) is 5.11 Å². The molecule has 3 heteroatoms. The fourth-order valence-corrected chi connectivity index (χ4v) is 6.32. The van der Waals surface area contributed by atoms with Gasteiger partial charge in [0.1, 0.15) is 5.75 Å². The van der Waals surface area contributed by atoms with Gasteiger partial charge in [-0.15, -0.1) is 0 Å². The maximum atomic E-state index is 10.2. The highest BCUT2D eigenvalue weighted by molar-refractivity contribution is 5.48. The van der Waals surface area contributed by atoms with Crippen molar-refractivity contribution in [2.24, 2.45) is 5.41 Å². The van der Waals surface area contributed by atoms with Crippen molar-refractivity contribution in [3.05, 3.63) is 53.5 Å². The molecule has 1 aliphatic carbocycles.